The van der Waals surface area contributed by atoms with Crippen molar-refractivity contribution in [3.8, 4) is 5.75 Å². The van der Waals surface area contributed by atoms with Crippen molar-refractivity contribution in [3.05, 3.63) is 93.4 Å². The van der Waals surface area contributed by atoms with Crippen molar-refractivity contribution in [2.24, 2.45) is 0 Å². The third-order valence-corrected chi connectivity index (χ3v) is 5.94. The molecular weight excluding hydrogens is 476 g/mol. The fraction of sp³-hybridized carbons (Fsp3) is 0.160. The Morgan fingerprint density at radius 1 is 0.969 bits per heavy atom. The van der Waals surface area contributed by atoms with Crippen molar-refractivity contribution in [2.45, 2.75) is 6.42 Å². The Hall–Kier alpha value is -3.29. The number of ketones is 3. The number of fused-ring (bicyclic) bond motifs is 1. The van der Waals surface area contributed by atoms with Crippen LogP contribution in [0.5, 0.6) is 5.75 Å². The van der Waals surface area contributed by atoms with Crippen molar-refractivity contribution in [2.75, 3.05) is 20.3 Å². The minimum Gasteiger partial charge on any atom is -0.491 e. The fourth-order valence-electron chi connectivity index (χ4n) is 3.48. The van der Waals surface area contributed by atoms with Gasteiger partial charge in [-0.1, -0.05) is 30.3 Å². The van der Waals surface area contributed by atoms with Gasteiger partial charge in [-0.05, 0) is 45.8 Å². The predicted octanol–water partition coefficient (Wildman–Crippen LogP) is 4.65. The van der Waals surface area contributed by atoms with Crippen LogP contribution in [0.2, 0.25) is 0 Å². The maximum absolute atomic E-state index is 13.1. The molecule has 0 atom stereocenters. The average Bonchev–Trinajstić information content (AvgIpc) is 3.26. The Bertz CT molecular complexity index is 1200. The van der Waals surface area contributed by atoms with E-state index in [1.165, 1.54) is 6.26 Å². The van der Waals surface area contributed by atoms with Crippen molar-refractivity contribution < 1.29 is 28.3 Å². The summed E-state index contributed by atoms with van der Waals surface area (Å²) in [5, 5.41) is 0. The molecule has 6 nitrogen and oxygen atoms in total. The number of hydrogen-bond acceptors (Lipinski definition) is 6. The van der Waals surface area contributed by atoms with Crippen LogP contribution in [0, 0.1) is 0 Å². The molecule has 0 spiro atoms. The monoisotopic (exact) mass is 494 g/mol. The topological polar surface area (TPSA) is 82.8 Å². The standard InChI is InChI=1S/C25H19BrO6/c1-30-11-12-31-17-9-7-16(8-10-17)22(27)19-14-32-25-18(13-15-5-3-2-4-6-15)21(26)24(29)23(28)20(19)25/h2-10,14H,11-13H2,1H3. The second kappa shape index (κ2) is 9.46. The van der Waals surface area contributed by atoms with E-state index in [2.05, 4.69) is 15.9 Å². The summed E-state index contributed by atoms with van der Waals surface area (Å²) in [6, 6.07) is 16.1. The first kappa shape index (κ1) is 21.9. The lowest BCUT2D eigenvalue weighted by Gasteiger charge is -2.15. The summed E-state index contributed by atoms with van der Waals surface area (Å²) in [5.41, 5.74) is 1.91. The molecule has 2 aromatic carbocycles. The normalized spacial score (nSPS) is 13.3. The number of carbonyl (C=O) groups is 3. The lowest BCUT2D eigenvalue weighted by Crippen LogP contribution is -2.23. The first-order chi connectivity index (χ1) is 15.5. The number of Topliss-reactive ketones (excluding diaryl/α,β-unsaturated/α-hetero) is 2. The predicted molar refractivity (Wildman–Crippen MR) is 121 cm³/mol. The van der Waals surface area contributed by atoms with Crippen molar-refractivity contribution in [1.82, 2.24) is 0 Å². The molecule has 32 heavy (non-hydrogen) atoms. The Morgan fingerprint density at radius 3 is 2.38 bits per heavy atom. The Morgan fingerprint density at radius 2 is 1.69 bits per heavy atom. The van der Waals surface area contributed by atoms with Gasteiger partial charge in [-0.15, -0.1) is 0 Å². The number of ether oxygens (including phenoxy) is 2. The molecule has 0 fully saturated rings. The van der Waals surface area contributed by atoms with Gasteiger partial charge in [0.05, 0.1) is 22.2 Å². The lowest BCUT2D eigenvalue weighted by molar-refractivity contribution is -0.111. The number of carbonyl (C=O) groups excluding carboxylic acids is 3. The van der Waals surface area contributed by atoms with Crippen LogP contribution < -0.4 is 4.74 Å². The molecule has 4 rings (SSSR count). The molecule has 1 aromatic heterocycles. The van der Waals surface area contributed by atoms with Gasteiger partial charge in [0.1, 0.15) is 24.4 Å². The Balaban J connectivity index is 1.66. The second-order valence-electron chi connectivity index (χ2n) is 7.16. The number of furan rings is 1. The van der Waals surface area contributed by atoms with Crippen LogP contribution in [-0.2, 0) is 16.0 Å². The van der Waals surface area contributed by atoms with E-state index in [9.17, 15) is 14.4 Å². The van der Waals surface area contributed by atoms with E-state index >= 15 is 0 Å². The van der Waals surface area contributed by atoms with Gasteiger partial charge in [0.15, 0.2) is 5.78 Å². The van der Waals surface area contributed by atoms with E-state index in [0.717, 1.165) is 5.56 Å². The summed E-state index contributed by atoms with van der Waals surface area (Å²) in [6.07, 6.45) is 1.62. The number of halogens is 1. The molecule has 1 heterocycles. The molecular formula is C25H19BrO6. The first-order valence-electron chi connectivity index (χ1n) is 9.91. The van der Waals surface area contributed by atoms with Crippen LogP contribution in [0.25, 0.3) is 5.57 Å². The van der Waals surface area contributed by atoms with Crippen LogP contribution in [-0.4, -0.2) is 37.7 Å². The molecule has 1 aliphatic rings. The number of hydrogen-bond donors (Lipinski definition) is 0. The smallest absolute Gasteiger partial charge is 0.241 e. The lowest BCUT2D eigenvalue weighted by atomic mass is 9.88. The Kier molecular flexibility index (Phi) is 6.48. The van der Waals surface area contributed by atoms with Crippen LogP contribution in [0.15, 0.2) is 69.8 Å². The molecule has 0 bridgehead atoms. The molecule has 0 saturated carbocycles. The van der Waals surface area contributed by atoms with Gasteiger partial charge in [0.2, 0.25) is 11.6 Å². The minimum absolute atomic E-state index is 0.00884. The molecule has 1 aliphatic carbocycles. The number of methoxy groups -OCH3 is 1. The molecule has 7 heteroatoms. The van der Waals surface area contributed by atoms with Gasteiger partial charge in [0, 0.05) is 24.7 Å². The van der Waals surface area contributed by atoms with Crippen LogP contribution >= 0.6 is 15.9 Å². The molecule has 0 amide bonds. The largest absolute Gasteiger partial charge is 0.491 e. The highest BCUT2D eigenvalue weighted by Gasteiger charge is 2.38. The van der Waals surface area contributed by atoms with Crippen LogP contribution in [0.3, 0.4) is 0 Å². The maximum Gasteiger partial charge on any atom is 0.241 e. The maximum atomic E-state index is 13.1. The molecule has 3 aromatic rings. The van der Waals surface area contributed by atoms with Gasteiger partial charge in [0.25, 0.3) is 0 Å². The van der Waals surface area contributed by atoms with Gasteiger partial charge >= 0.3 is 0 Å². The summed E-state index contributed by atoms with van der Waals surface area (Å²) >= 11 is 3.25. The zero-order valence-corrected chi connectivity index (χ0v) is 18.8. The molecule has 0 saturated heterocycles. The van der Waals surface area contributed by atoms with E-state index < -0.39 is 17.3 Å². The van der Waals surface area contributed by atoms with E-state index in [4.69, 9.17) is 13.9 Å². The fourth-order valence-corrected chi connectivity index (χ4v) is 3.98. The zero-order chi connectivity index (χ0) is 22.7. The first-order valence-corrected chi connectivity index (χ1v) is 10.7. The number of allylic oxidation sites excluding steroid dienone is 2. The van der Waals surface area contributed by atoms with Crippen LogP contribution in [0.1, 0.15) is 37.6 Å². The Labute approximate surface area is 193 Å². The van der Waals surface area contributed by atoms with Gasteiger partial charge < -0.3 is 13.9 Å². The van der Waals surface area contributed by atoms with Crippen molar-refractivity contribution >= 4 is 38.9 Å². The highest BCUT2D eigenvalue weighted by atomic mass is 79.9. The molecule has 0 N–H and O–H groups in total. The summed E-state index contributed by atoms with van der Waals surface area (Å²) in [4.78, 5) is 38.6. The van der Waals surface area contributed by atoms with Gasteiger partial charge in [-0.2, -0.15) is 0 Å². The van der Waals surface area contributed by atoms with Gasteiger partial charge in [-0.3, -0.25) is 14.4 Å². The van der Waals surface area contributed by atoms with E-state index in [1.54, 1.807) is 31.4 Å². The third-order valence-electron chi connectivity index (χ3n) is 5.10. The SMILES string of the molecule is COCCOc1ccc(C(=O)c2coc3c2C(=O)C(=O)C(Br)=C3Cc2ccccc2)cc1. The number of benzene rings is 2. The highest BCUT2D eigenvalue weighted by Crippen LogP contribution is 2.38. The van der Waals surface area contributed by atoms with E-state index in [0.29, 0.717) is 36.5 Å². The summed E-state index contributed by atoms with van der Waals surface area (Å²) in [6.45, 7) is 0.841. The van der Waals surface area contributed by atoms with E-state index in [-0.39, 0.29) is 21.4 Å². The van der Waals surface area contributed by atoms with E-state index in [1.807, 2.05) is 30.3 Å². The quantitative estimate of drug-likeness (QED) is 0.257. The number of rotatable bonds is 8. The average molecular weight is 495 g/mol. The van der Waals surface area contributed by atoms with Gasteiger partial charge in [-0.25, -0.2) is 0 Å². The summed E-state index contributed by atoms with van der Waals surface area (Å²) < 4.78 is 16.3. The molecule has 162 valence electrons. The minimum atomic E-state index is -0.764. The van der Waals surface area contributed by atoms with Crippen LogP contribution in [0.4, 0.5) is 0 Å². The highest BCUT2D eigenvalue weighted by molar-refractivity contribution is 9.12. The molecule has 0 radical (unpaired) electrons. The summed E-state index contributed by atoms with van der Waals surface area (Å²) in [5.74, 6) is -1.03. The third kappa shape index (κ3) is 4.22. The second-order valence-corrected chi connectivity index (χ2v) is 7.95. The molecule has 0 aliphatic heterocycles. The molecule has 0 unspecified atom stereocenters. The van der Waals surface area contributed by atoms with Crippen molar-refractivity contribution in [1.29, 1.82) is 0 Å². The zero-order valence-electron chi connectivity index (χ0n) is 17.2. The summed E-state index contributed by atoms with van der Waals surface area (Å²) in [7, 11) is 1.59. The van der Waals surface area contributed by atoms with Crippen molar-refractivity contribution in [3.63, 3.8) is 0 Å².